The Hall–Kier alpha value is -0.880. The van der Waals surface area contributed by atoms with E-state index in [0.717, 1.165) is 19.3 Å². The fourth-order valence-corrected chi connectivity index (χ4v) is 2.46. The molecule has 3 nitrogen and oxygen atoms in total. The molecule has 0 unspecified atom stereocenters. The minimum Gasteiger partial charge on any atom is -0.311 e. The molecule has 1 N–H and O–H groups in total. The molecule has 1 aromatic rings. The Morgan fingerprint density at radius 1 is 1.16 bits per heavy atom. The summed E-state index contributed by atoms with van der Waals surface area (Å²) in [4.78, 5) is 8.15. The van der Waals surface area contributed by atoms with E-state index in [0.29, 0.717) is 31.0 Å². The van der Waals surface area contributed by atoms with Crippen LogP contribution in [0.25, 0.3) is 0 Å². The van der Waals surface area contributed by atoms with E-state index in [-0.39, 0.29) is 23.9 Å². The van der Waals surface area contributed by atoms with Gasteiger partial charge in [0.15, 0.2) is 5.69 Å². The van der Waals surface area contributed by atoms with E-state index in [1.165, 1.54) is 0 Å². The molecule has 0 amide bonds. The smallest absolute Gasteiger partial charge is 0.311 e. The van der Waals surface area contributed by atoms with Gasteiger partial charge in [-0.2, -0.15) is 13.2 Å². The van der Waals surface area contributed by atoms with Crippen molar-refractivity contribution in [3.63, 3.8) is 0 Å². The molecule has 19 heavy (non-hydrogen) atoms. The van der Waals surface area contributed by atoms with Crippen LogP contribution in [0, 0.1) is 0 Å². The lowest BCUT2D eigenvalue weighted by Gasteiger charge is -2.27. The molecule has 0 saturated heterocycles. The zero-order chi connectivity index (χ0) is 12.8. The molecule has 1 aliphatic heterocycles. The van der Waals surface area contributed by atoms with Gasteiger partial charge >= 0.3 is 6.18 Å². The van der Waals surface area contributed by atoms with Gasteiger partial charge in [-0.3, -0.25) is 0 Å². The molecule has 1 aliphatic carbocycles. The number of alkyl halides is 3. The van der Waals surface area contributed by atoms with Gasteiger partial charge in [-0.25, -0.2) is 9.97 Å². The largest absolute Gasteiger partial charge is 0.433 e. The van der Waals surface area contributed by atoms with Crippen LogP contribution in [0.3, 0.4) is 0 Å². The highest BCUT2D eigenvalue weighted by atomic mass is 35.5. The van der Waals surface area contributed by atoms with Crippen LogP contribution in [-0.4, -0.2) is 16.5 Å². The van der Waals surface area contributed by atoms with Crippen LogP contribution in [0.2, 0.25) is 0 Å². The van der Waals surface area contributed by atoms with Crippen LogP contribution in [0.5, 0.6) is 0 Å². The van der Waals surface area contributed by atoms with Crippen molar-refractivity contribution in [2.45, 2.75) is 44.3 Å². The van der Waals surface area contributed by atoms with Crippen molar-refractivity contribution in [3.8, 4) is 0 Å². The number of nitrogens with one attached hydrogen (secondary N) is 1. The first-order chi connectivity index (χ1) is 8.55. The predicted molar refractivity (Wildman–Crippen MR) is 66.3 cm³/mol. The number of halogens is 4. The van der Waals surface area contributed by atoms with E-state index in [2.05, 4.69) is 15.3 Å². The monoisotopic (exact) mass is 293 g/mol. The second-order valence-corrected chi connectivity index (χ2v) is 4.91. The Labute approximate surface area is 115 Å². The van der Waals surface area contributed by atoms with Crippen molar-refractivity contribution in [2.24, 2.45) is 0 Å². The molecule has 0 spiro atoms. The number of nitrogens with zero attached hydrogens (tertiary/aromatic N) is 2. The summed E-state index contributed by atoms with van der Waals surface area (Å²) in [5.74, 6) is 0.509. The molecular weight excluding hydrogens is 279 g/mol. The van der Waals surface area contributed by atoms with Gasteiger partial charge < -0.3 is 5.32 Å². The molecule has 0 aromatic carbocycles. The topological polar surface area (TPSA) is 37.8 Å². The quantitative estimate of drug-likeness (QED) is 0.865. The second kappa shape index (κ2) is 5.25. The molecule has 0 atom stereocenters. The Morgan fingerprint density at radius 3 is 2.47 bits per heavy atom. The summed E-state index contributed by atoms with van der Waals surface area (Å²) in [5, 5.41) is 3.06. The zero-order valence-electron chi connectivity index (χ0n) is 10.3. The van der Waals surface area contributed by atoms with E-state index >= 15 is 0 Å². The summed E-state index contributed by atoms with van der Waals surface area (Å²) >= 11 is 0. The van der Waals surface area contributed by atoms with Crippen LogP contribution in [0.1, 0.15) is 48.0 Å². The first kappa shape index (κ1) is 14.5. The molecular formula is C12H15ClF3N3. The molecule has 0 radical (unpaired) electrons. The third-order valence-electron chi connectivity index (χ3n) is 3.69. The minimum absolute atomic E-state index is 0. The first-order valence-corrected chi connectivity index (χ1v) is 6.23. The Kier molecular flexibility index (Phi) is 4.01. The van der Waals surface area contributed by atoms with Gasteiger partial charge in [0.05, 0.1) is 5.69 Å². The summed E-state index contributed by atoms with van der Waals surface area (Å²) in [5.41, 5.74) is 0.102. The molecule has 7 heteroatoms. The number of hydrogen-bond acceptors (Lipinski definition) is 3. The van der Waals surface area contributed by atoms with Gasteiger partial charge in [-0.05, 0) is 25.8 Å². The standard InChI is InChI=1S/C12H14F3N3.ClH/c13-12(14,15)10-8-4-5-16-6-9(8)17-11(18-10)7-2-1-3-7;/h7,16H,1-6H2;1H. The molecule has 0 bridgehead atoms. The summed E-state index contributed by atoms with van der Waals surface area (Å²) in [6.07, 6.45) is -1.14. The minimum atomic E-state index is -4.37. The summed E-state index contributed by atoms with van der Waals surface area (Å²) in [6, 6.07) is 0. The molecule has 1 fully saturated rings. The maximum atomic E-state index is 13.0. The average Bonchev–Trinajstić information content (AvgIpc) is 2.24. The van der Waals surface area contributed by atoms with Gasteiger partial charge in [0, 0.05) is 18.0 Å². The Morgan fingerprint density at radius 2 is 1.89 bits per heavy atom. The lowest BCUT2D eigenvalue weighted by atomic mass is 9.84. The van der Waals surface area contributed by atoms with E-state index in [4.69, 9.17) is 0 Å². The van der Waals surface area contributed by atoms with Gasteiger partial charge in [-0.1, -0.05) is 6.42 Å². The van der Waals surface area contributed by atoms with Gasteiger partial charge in [0.2, 0.25) is 0 Å². The SMILES string of the molecule is Cl.FC(F)(F)c1nc(C2CCC2)nc2c1CCNC2. The van der Waals surface area contributed by atoms with Crippen molar-refractivity contribution < 1.29 is 13.2 Å². The van der Waals surface area contributed by atoms with Crippen LogP contribution >= 0.6 is 12.4 Å². The van der Waals surface area contributed by atoms with E-state index in [1.54, 1.807) is 0 Å². The first-order valence-electron chi connectivity index (χ1n) is 6.23. The molecule has 1 aromatic heterocycles. The molecule has 1 saturated carbocycles. The fourth-order valence-electron chi connectivity index (χ4n) is 2.46. The summed E-state index contributed by atoms with van der Waals surface area (Å²) < 4.78 is 39.1. The van der Waals surface area contributed by atoms with Crippen molar-refractivity contribution in [3.05, 3.63) is 22.8 Å². The molecule has 3 rings (SSSR count). The number of fused-ring (bicyclic) bond motifs is 1. The normalized spacial score (nSPS) is 19.3. The molecule has 106 valence electrons. The van der Waals surface area contributed by atoms with E-state index < -0.39 is 11.9 Å². The highest BCUT2D eigenvalue weighted by molar-refractivity contribution is 5.85. The van der Waals surface area contributed by atoms with Crippen molar-refractivity contribution >= 4 is 12.4 Å². The van der Waals surface area contributed by atoms with E-state index in [1.807, 2.05) is 0 Å². The van der Waals surface area contributed by atoms with Gasteiger partial charge in [0.1, 0.15) is 5.82 Å². The Bertz CT molecular complexity index is 472. The Balaban J connectivity index is 0.00000133. The third-order valence-corrected chi connectivity index (χ3v) is 3.69. The lowest BCUT2D eigenvalue weighted by Crippen LogP contribution is -2.30. The maximum Gasteiger partial charge on any atom is 0.433 e. The van der Waals surface area contributed by atoms with Crippen LogP contribution in [-0.2, 0) is 19.1 Å². The van der Waals surface area contributed by atoms with Crippen LogP contribution < -0.4 is 5.32 Å². The summed E-state index contributed by atoms with van der Waals surface area (Å²) in [6.45, 7) is 0.975. The predicted octanol–water partition coefficient (Wildman–Crippen LogP) is 2.83. The zero-order valence-corrected chi connectivity index (χ0v) is 11.1. The maximum absolute atomic E-state index is 13.0. The molecule has 2 aliphatic rings. The highest BCUT2D eigenvalue weighted by Gasteiger charge is 2.39. The van der Waals surface area contributed by atoms with Gasteiger partial charge in [-0.15, -0.1) is 12.4 Å². The number of rotatable bonds is 1. The highest BCUT2D eigenvalue weighted by Crippen LogP contribution is 2.38. The number of aromatic nitrogens is 2. The van der Waals surface area contributed by atoms with Crippen molar-refractivity contribution in [1.82, 2.24) is 15.3 Å². The van der Waals surface area contributed by atoms with Crippen LogP contribution in [0.15, 0.2) is 0 Å². The van der Waals surface area contributed by atoms with Crippen molar-refractivity contribution in [1.29, 1.82) is 0 Å². The van der Waals surface area contributed by atoms with Gasteiger partial charge in [0.25, 0.3) is 0 Å². The lowest BCUT2D eigenvalue weighted by molar-refractivity contribution is -0.142. The van der Waals surface area contributed by atoms with E-state index in [9.17, 15) is 13.2 Å². The second-order valence-electron chi connectivity index (χ2n) is 4.91. The average molecular weight is 294 g/mol. The third kappa shape index (κ3) is 2.69. The molecule has 2 heterocycles. The van der Waals surface area contributed by atoms with Crippen LogP contribution in [0.4, 0.5) is 13.2 Å². The fraction of sp³-hybridized carbons (Fsp3) is 0.667. The van der Waals surface area contributed by atoms with Crippen molar-refractivity contribution in [2.75, 3.05) is 6.54 Å². The number of hydrogen-bond donors (Lipinski definition) is 1. The summed E-state index contributed by atoms with van der Waals surface area (Å²) in [7, 11) is 0.